The number of likely N-dealkylation sites (tertiary alicyclic amines) is 1. The van der Waals surface area contributed by atoms with E-state index in [1.54, 1.807) is 0 Å². The molecule has 2 N–H and O–H groups in total. The normalized spacial score (nSPS) is 17.2. The number of hydrogen-bond donors (Lipinski definition) is 2. The van der Waals surface area contributed by atoms with Crippen LogP contribution in [0.1, 0.15) is 19.3 Å². The summed E-state index contributed by atoms with van der Waals surface area (Å²) in [6.45, 7) is 7.15. The van der Waals surface area contributed by atoms with Crippen molar-refractivity contribution in [1.82, 2.24) is 4.90 Å². The first-order valence-electron chi connectivity index (χ1n) is 4.58. The first-order valence-corrected chi connectivity index (χ1v) is 4.58. The van der Waals surface area contributed by atoms with Crippen LogP contribution in [0, 0.1) is 6.92 Å². The van der Waals surface area contributed by atoms with Gasteiger partial charge in [0.1, 0.15) is 0 Å². The molecule has 0 bridgehead atoms. The average molecular weight is 174 g/mol. The van der Waals surface area contributed by atoms with E-state index >= 15 is 0 Å². The lowest BCUT2D eigenvalue weighted by Crippen LogP contribution is -2.22. The molecule has 1 saturated heterocycles. The third-order valence-corrected chi connectivity index (χ3v) is 1.77. The van der Waals surface area contributed by atoms with Crippen molar-refractivity contribution in [3.8, 4) is 0 Å². The Morgan fingerprint density at radius 1 is 1.08 bits per heavy atom. The predicted octanol–water partition coefficient (Wildman–Crippen LogP) is 0.277. The van der Waals surface area contributed by atoms with Crippen LogP contribution in [0.25, 0.3) is 0 Å². The highest BCUT2D eigenvalue weighted by molar-refractivity contribution is 4.64. The first kappa shape index (κ1) is 11.9. The number of aliphatic hydroxyl groups is 2. The molecule has 0 saturated carbocycles. The van der Waals surface area contributed by atoms with Crippen molar-refractivity contribution in [2.75, 3.05) is 32.8 Å². The molecule has 1 heterocycles. The summed E-state index contributed by atoms with van der Waals surface area (Å²) in [7, 11) is 0. The Labute approximate surface area is 75.0 Å². The van der Waals surface area contributed by atoms with E-state index in [0.29, 0.717) is 13.0 Å². The second kappa shape index (κ2) is 8.97. The summed E-state index contributed by atoms with van der Waals surface area (Å²) >= 11 is 0. The molecule has 0 amide bonds. The molecular formula is C9H20NO2. The highest BCUT2D eigenvalue weighted by atomic mass is 16.3. The molecule has 0 atom stereocenters. The molecule has 0 aliphatic carbocycles. The van der Waals surface area contributed by atoms with Gasteiger partial charge in [0.15, 0.2) is 0 Å². The minimum Gasteiger partial charge on any atom is -0.396 e. The van der Waals surface area contributed by atoms with Gasteiger partial charge in [0.25, 0.3) is 0 Å². The summed E-state index contributed by atoms with van der Waals surface area (Å²) in [5.41, 5.74) is 0. The second-order valence-electron chi connectivity index (χ2n) is 2.85. The zero-order valence-electron chi connectivity index (χ0n) is 7.71. The summed E-state index contributed by atoms with van der Waals surface area (Å²) in [5, 5.41) is 16.3. The van der Waals surface area contributed by atoms with Gasteiger partial charge in [-0.2, -0.15) is 0 Å². The molecular weight excluding hydrogens is 154 g/mol. The van der Waals surface area contributed by atoms with E-state index in [0.717, 1.165) is 6.54 Å². The number of nitrogens with zero attached hydrogens (tertiary/aromatic N) is 1. The Kier molecular flexibility index (Phi) is 8.88. The molecule has 0 aromatic heterocycles. The van der Waals surface area contributed by atoms with Gasteiger partial charge in [0.05, 0.1) is 6.61 Å². The standard InChI is InChI=1S/C6H13NO.C3H7O/c8-6-5-7-3-1-2-4-7;1-2-3-4/h8H,1-6H2;4H,1-3H2. The van der Waals surface area contributed by atoms with Crippen LogP contribution in [0.2, 0.25) is 0 Å². The second-order valence-corrected chi connectivity index (χ2v) is 2.85. The van der Waals surface area contributed by atoms with Crippen molar-refractivity contribution in [3.05, 3.63) is 6.92 Å². The van der Waals surface area contributed by atoms with Crippen LogP contribution >= 0.6 is 0 Å². The minimum absolute atomic E-state index is 0.208. The Bertz CT molecular complexity index is 80.6. The maximum Gasteiger partial charge on any atom is 0.0558 e. The predicted molar refractivity (Wildman–Crippen MR) is 49.8 cm³/mol. The van der Waals surface area contributed by atoms with Crippen LogP contribution in [-0.2, 0) is 0 Å². The molecule has 12 heavy (non-hydrogen) atoms. The Morgan fingerprint density at radius 2 is 1.58 bits per heavy atom. The summed E-state index contributed by atoms with van der Waals surface area (Å²) in [6.07, 6.45) is 3.26. The van der Waals surface area contributed by atoms with Crippen LogP contribution in [0.3, 0.4) is 0 Å². The Morgan fingerprint density at radius 3 is 1.92 bits per heavy atom. The van der Waals surface area contributed by atoms with Gasteiger partial charge in [-0.3, -0.25) is 0 Å². The lowest BCUT2D eigenvalue weighted by molar-refractivity contribution is 0.221. The van der Waals surface area contributed by atoms with Gasteiger partial charge in [0, 0.05) is 13.2 Å². The van der Waals surface area contributed by atoms with Crippen molar-refractivity contribution in [2.45, 2.75) is 19.3 Å². The zero-order valence-corrected chi connectivity index (χ0v) is 7.71. The fourth-order valence-corrected chi connectivity index (χ4v) is 1.15. The lowest BCUT2D eigenvalue weighted by Gasteiger charge is -2.10. The molecule has 0 aromatic rings. The number of β-amino-alcohol motifs (C(OH)–C–C–N with tert-alkyl or cyclic N) is 1. The molecule has 73 valence electrons. The third kappa shape index (κ3) is 6.58. The highest BCUT2D eigenvalue weighted by Gasteiger charge is 2.08. The molecule has 3 nitrogen and oxygen atoms in total. The summed E-state index contributed by atoms with van der Waals surface area (Å²) < 4.78 is 0. The minimum atomic E-state index is 0.208. The molecule has 1 fully saturated rings. The van der Waals surface area contributed by atoms with Crippen LogP contribution in [-0.4, -0.2) is 48.0 Å². The van der Waals surface area contributed by atoms with Gasteiger partial charge >= 0.3 is 0 Å². The molecule has 3 heteroatoms. The molecule has 1 aliphatic heterocycles. The van der Waals surface area contributed by atoms with E-state index in [1.807, 2.05) is 0 Å². The molecule has 0 spiro atoms. The quantitative estimate of drug-likeness (QED) is 0.646. The fourth-order valence-electron chi connectivity index (χ4n) is 1.15. The van der Waals surface area contributed by atoms with Crippen molar-refractivity contribution in [1.29, 1.82) is 0 Å². The van der Waals surface area contributed by atoms with Crippen LogP contribution < -0.4 is 0 Å². The van der Waals surface area contributed by atoms with Crippen molar-refractivity contribution in [3.63, 3.8) is 0 Å². The van der Waals surface area contributed by atoms with Gasteiger partial charge in [0.2, 0.25) is 0 Å². The van der Waals surface area contributed by atoms with Crippen LogP contribution in [0.4, 0.5) is 0 Å². The lowest BCUT2D eigenvalue weighted by atomic mass is 10.4. The molecule has 1 aliphatic rings. The zero-order chi connectivity index (χ0) is 9.23. The Hall–Kier alpha value is -0.120. The maximum absolute atomic E-state index is 8.48. The first-order chi connectivity index (χ1) is 5.85. The molecule has 1 radical (unpaired) electrons. The maximum atomic E-state index is 8.48. The van der Waals surface area contributed by atoms with Gasteiger partial charge in [-0.15, -0.1) is 0 Å². The van der Waals surface area contributed by atoms with Crippen molar-refractivity contribution in [2.24, 2.45) is 0 Å². The topological polar surface area (TPSA) is 43.7 Å². The van der Waals surface area contributed by atoms with Crippen LogP contribution in [0.5, 0.6) is 0 Å². The van der Waals surface area contributed by atoms with E-state index in [1.165, 1.54) is 25.9 Å². The number of aliphatic hydroxyl groups excluding tert-OH is 2. The van der Waals surface area contributed by atoms with E-state index in [9.17, 15) is 0 Å². The van der Waals surface area contributed by atoms with Crippen LogP contribution in [0.15, 0.2) is 0 Å². The molecule has 1 rings (SSSR count). The van der Waals surface area contributed by atoms with Gasteiger partial charge < -0.3 is 15.1 Å². The molecule has 0 unspecified atom stereocenters. The van der Waals surface area contributed by atoms with E-state index in [2.05, 4.69) is 11.8 Å². The third-order valence-electron chi connectivity index (χ3n) is 1.77. The van der Waals surface area contributed by atoms with Crippen molar-refractivity contribution < 1.29 is 10.2 Å². The number of rotatable bonds is 3. The summed E-state index contributed by atoms with van der Waals surface area (Å²) in [6, 6.07) is 0. The SMILES string of the molecule is OCCN1CCCC1.[CH2]CCO. The van der Waals surface area contributed by atoms with E-state index < -0.39 is 0 Å². The van der Waals surface area contributed by atoms with Crippen molar-refractivity contribution >= 4 is 0 Å². The molecule has 0 aromatic carbocycles. The van der Waals surface area contributed by atoms with Gasteiger partial charge in [-0.1, -0.05) is 6.92 Å². The highest BCUT2D eigenvalue weighted by Crippen LogP contribution is 2.04. The van der Waals surface area contributed by atoms with E-state index in [4.69, 9.17) is 10.2 Å². The van der Waals surface area contributed by atoms with E-state index in [-0.39, 0.29) is 6.61 Å². The largest absolute Gasteiger partial charge is 0.396 e. The van der Waals surface area contributed by atoms with Gasteiger partial charge in [-0.25, -0.2) is 0 Å². The monoisotopic (exact) mass is 174 g/mol. The summed E-state index contributed by atoms with van der Waals surface area (Å²) in [5.74, 6) is 0. The smallest absolute Gasteiger partial charge is 0.0558 e. The Balaban J connectivity index is 0.000000261. The van der Waals surface area contributed by atoms with Gasteiger partial charge in [-0.05, 0) is 32.4 Å². The number of hydrogen-bond acceptors (Lipinski definition) is 3. The fraction of sp³-hybridized carbons (Fsp3) is 0.889. The summed E-state index contributed by atoms with van der Waals surface area (Å²) in [4.78, 5) is 2.29. The average Bonchev–Trinajstić information content (AvgIpc) is 2.58.